The number of halogens is 3. The van der Waals surface area contributed by atoms with Crippen LogP contribution in [0, 0.1) is 10.5 Å². The fraction of sp³-hybridized carbons (Fsp3) is 0.167. The number of carbonyl (C=O) groups excluding carboxylic acids is 1. The fourth-order valence-electron chi connectivity index (χ4n) is 2.67. The van der Waals surface area contributed by atoms with Crippen LogP contribution in [0.3, 0.4) is 0 Å². The van der Waals surface area contributed by atoms with Crippen LogP contribution in [0.15, 0.2) is 18.2 Å². The second-order valence-corrected chi connectivity index (χ2v) is 7.50. The van der Waals surface area contributed by atoms with Gasteiger partial charge < -0.3 is 14.9 Å². The zero-order valence-electron chi connectivity index (χ0n) is 14.1. The van der Waals surface area contributed by atoms with E-state index in [0.29, 0.717) is 9.13 Å². The number of esters is 1. The molecule has 0 aliphatic rings. The summed E-state index contributed by atoms with van der Waals surface area (Å²) >= 11 is 14.4. The molecule has 0 spiro atoms. The predicted octanol–water partition coefficient (Wildman–Crippen LogP) is 4.68. The van der Waals surface area contributed by atoms with Crippen molar-refractivity contribution in [3.63, 3.8) is 0 Å². The van der Waals surface area contributed by atoms with E-state index in [-0.39, 0.29) is 44.3 Å². The lowest BCUT2D eigenvalue weighted by molar-refractivity contribution is 0.0598. The van der Waals surface area contributed by atoms with Gasteiger partial charge in [-0.05, 0) is 64.4 Å². The van der Waals surface area contributed by atoms with Crippen molar-refractivity contribution in [2.75, 3.05) is 7.11 Å². The third-order valence-corrected chi connectivity index (χ3v) is 5.93. The highest BCUT2D eigenvalue weighted by molar-refractivity contribution is 14.1. The number of carboxylic acids is 2. The molecule has 0 heterocycles. The Morgan fingerprint density at radius 3 is 2.22 bits per heavy atom. The van der Waals surface area contributed by atoms with E-state index in [0.717, 1.165) is 0 Å². The standard InChI is InChI=1S/C18H13Cl2IO6/c1-7-13(21)6-10(16(22)23)9(14(7)17(24)25)5-11-12(19)4-3-8(15(11)20)18(26)27-2/h3-4,6H,5H2,1-2H3,(H,22,23)(H,24,25). The van der Waals surface area contributed by atoms with Crippen LogP contribution < -0.4 is 0 Å². The Balaban J connectivity index is 2.78. The maximum absolute atomic E-state index is 11.9. The van der Waals surface area contributed by atoms with Crippen LogP contribution in [0.4, 0.5) is 0 Å². The summed E-state index contributed by atoms with van der Waals surface area (Å²) in [7, 11) is 1.19. The Hall–Kier alpha value is -1.84. The molecule has 9 heteroatoms. The largest absolute Gasteiger partial charge is 0.478 e. The zero-order chi connectivity index (χ0) is 20.5. The van der Waals surface area contributed by atoms with Gasteiger partial charge in [0.25, 0.3) is 0 Å². The average Bonchev–Trinajstić information content (AvgIpc) is 2.60. The van der Waals surface area contributed by atoms with E-state index in [4.69, 9.17) is 23.2 Å². The number of aromatic carboxylic acids is 2. The van der Waals surface area contributed by atoms with Gasteiger partial charge in [0.05, 0.1) is 28.8 Å². The minimum atomic E-state index is -1.28. The van der Waals surface area contributed by atoms with Crippen molar-refractivity contribution in [3.8, 4) is 0 Å². The van der Waals surface area contributed by atoms with Crippen LogP contribution in [0.25, 0.3) is 0 Å². The number of carbonyl (C=O) groups is 3. The first-order valence-electron chi connectivity index (χ1n) is 7.43. The van der Waals surface area contributed by atoms with Crippen LogP contribution >= 0.6 is 45.8 Å². The first-order chi connectivity index (χ1) is 12.6. The summed E-state index contributed by atoms with van der Waals surface area (Å²) in [6, 6.07) is 4.21. The first kappa shape index (κ1) is 21.5. The molecule has 0 fully saturated rings. The predicted molar refractivity (Wildman–Crippen MR) is 108 cm³/mol. The molecule has 0 aliphatic heterocycles. The average molecular weight is 523 g/mol. The molecule has 0 unspecified atom stereocenters. The van der Waals surface area contributed by atoms with Crippen molar-refractivity contribution in [3.05, 3.63) is 65.2 Å². The van der Waals surface area contributed by atoms with Gasteiger partial charge in [0.2, 0.25) is 0 Å². The maximum Gasteiger partial charge on any atom is 0.339 e. The third kappa shape index (κ3) is 4.20. The fourth-order valence-corrected chi connectivity index (χ4v) is 3.83. The molecule has 0 radical (unpaired) electrons. The molecular weight excluding hydrogens is 510 g/mol. The molecule has 0 atom stereocenters. The van der Waals surface area contributed by atoms with Crippen LogP contribution in [0.1, 0.15) is 47.8 Å². The van der Waals surface area contributed by atoms with Gasteiger partial charge in [-0.1, -0.05) is 23.2 Å². The molecule has 2 aromatic rings. The normalized spacial score (nSPS) is 10.6. The molecular formula is C18H13Cl2IO6. The molecule has 6 nitrogen and oxygen atoms in total. The van der Waals surface area contributed by atoms with Gasteiger partial charge in [0, 0.05) is 15.0 Å². The van der Waals surface area contributed by atoms with E-state index in [1.165, 1.54) is 25.3 Å². The van der Waals surface area contributed by atoms with E-state index in [1.807, 2.05) is 22.6 Å². The van der Waals surface area contributed by atoms with Crippen LogP contribution in [-0.2, 0) is 11.2 Å². The number of carboxylic acid groups (broad SMARTS) is 2. The quantitative estimate of drug-likeness (QED) is 0.437. The summed E-state index contributed by atoms with van der Waals surface area (Å²) < 4.78 is 5.17. The van der Waals surface area contributed by atoms with Crippen molar-refractivity contribution in [1.29, 1.82) is 0 Å². The van der Waals surface area contributed by atoms with Crippen molar-refractivity contribution in [2.24, 2.45) is 0 Å². The van der Waals surface area contributed by atoms with Gasteiger partial charge in [-0.3, -0.25) is 0 Å². The number of benzene rings is 2. The number of rotatable bonds is 5. The van der Waals surface area contributed by atoms with Gasteiger partial charge in [-0.2, -0.15) is 0 Å². The van der Waals surface area contributed by atoms with Crippen molar-refractivity contribution >= 4 is 63.7 Å². The van der Waals surface area contributed by atoms with E-state index in [2.05, 4.69) is 4.74 Å². The lowest BCUT2D eigenvalue weighted by atomic mass is 9.91. The Bertz CT molecular complexity index is 971. The molecule has 2 N–H and O–H groups in total. The highest BCUT2D eigenvalue weighted by atomic mass is 127. The van der Waals surface area contributed by atoms with Crippen molar-refractivity contribution < 1.29 is 29.3 Å². The minimum Gasteiger partial charge on any atom is -0.478 e. The summed E-state index contributed by atoms with van der Waals surface area (Å²) in [6.45, 7) is 1.59. The number of hydrogen-bond donors (Lipinski definition) is 2. The van der Waals surface area contributed by atoms with E-state index in [9.17, 15) is 24.6 Å². The third-order valence-electron chi connectivity index (χ3n) is 4.02. The number of methoxy groups -OCH3 is 1. The summed E-state index contributed by atoms with van der Waals surface area (Å²) in [5.41, 5.74) is 0.479. The highest BCUT2D eigenvalue weighted by Gasteiger charge is 2.26. The Kier molecular flexibility index (Phi) is 6.72. The molecule has 0 amide bonds. The molecule has 0 aromatic heterocycles. The monoisotopic (exact) mass is 522 g/mol. The lowest BCUT2D eigenvalue weighted by Crippen LogP contribution is -2.14. The van der Waals surface area contributed by atoms with Crippen molar-refractivity contribution in [2.45, 2.75) is 13.3 Å². The molecule has 0 aliphatic carbocycles. The lowest BCUT2D eigenvalue weighted by Gasteiger charge is -2.17. The SMILES string of the molecule is COC(=O)c1ccc(Cl)c(Cc2c(C(=O)O)cc(I)c(C)c2C(=O)O)c1Cl. The molecule has 27 heavy (non-hydrogen) atoms. The van der Waals surface area contributed by atoms with Gasteiger partial charge in [-0.15, -0.1) is 0 Å². The Morgan fingerprint density at radius 1 is 1.07 bits per heavy atom. The maximum atomic E-state index is 11.9. The van der Waals surface area contributed by atoms with Gasteiger partial charge in [-0.25, -0.2) is 14.4 Å². The zero-order valence-corrected chi connectivity index (χ0v) is 17.8. The summed E-state index contributed by atoms with van der Waals surface area (Å²) in [5, 5.41) is 19.3. The molecule has 142 valence electrons. The van der Waals surface area contributed by atoms with E-state index >= 15 is 0 Å². The summed E-state index contributed by atoms with van der Waals surface area (Å²) in [4.78, 5) is 35.4. The molecule has 2 aromatic carbocycles. The Morgan fingerprint density at radius 2 is 1.70 bits per heavy atom. The molecule has 0 bridgehead atoms. The number of ether oxygens (including phenoxy) is 1. The topological polar surface area (TPSA) is 101 Å². The van der Waals surface area contributed by atoms with Crippen molar-refractivity contribution in [1.82, 2.24) is 0 Å². The van der Waals surface area contributed by atoms with Crippen LogP contribution in [0.5, 0.6) is 0 Å². The Labute approximate surface area is 178 Å². The van der Waals surface area contributed by atoms with Crippen LogP contribution in [0.2, 0.25) is 10.0 Å². The minimum absolute atomic E-state index is 0.0155. The summed E-state index contributed by atoms with van der Waals surface area (Å²) in [5.74, 6) is -3.23. The molecule has 0 saturated carbocycles. The first-order valence-corrected chi connectivity index (χ1v) is 9.27. The van der Waals surface area contributed by atoms with Crippen LogP contribution in [-0.4, -0.2) is 35.2 Å². The van der Waals surface area contributed by atoms with Gasteiger partial charge in [0.15, 0.2) is 0 Å². The number of hydrogen-bond acceptors (Lipinski definition) is 4. The molecule has 2 rings (SSSR count). The van der Waals surface area contributed by atoms with E-state index in [1.54, 1.807) is 6.92 Å². The van der Waals surface area contributed by atoms with Gasteiger partial charge in [0.1, 0.15) is 0 Å². The molecule has 0 saturated heterocycles. The van der Waals surface area contributed by atoms with E-state index < -0.39 is 17.9 Å². The summed E-state index contributed by atoms with van der Waals surface area (Å²) in [6.07, 6.45) is -0.177. The second-order valence-electron chi connectivity index (χ2n) is 5.55. The second kappa shape index (κ2) is 8.45. The van der Waals surface area contributed by atoms with Gasteiger partial charge >= 0.3 is 17.9 Å². The smallest absolute Gasteiger partial charge is 0.339 e. The highest BCUT2D eigenvalue weighted by Crippen LogP contribution is 2.34.